The highest BCUT2D eigenvalue weighted by Crippen LogP contribution is 2.31. The summed E-state index contributed by atoms with van der Waals surface area (Å²) >= 11 is 0. The number of carbonyl (C=O) groups excluding carboxylic acids is 3. The Bertz CT molecular complexity index is 1330. The van der Waals surface area contributed by atoms with Gasteiger partial charge in [0.15, 0.2) is 5.78 Å². The molecule has 7 nitrogen and oxygen atoms in total. The largest absolute Gasteiger partial charge is 0.465 e. The molecule has 40 heavy (non-hydrogen) atoms. The Balaban J connectivity index is 1.31. The fraction of sp³-hybridized carbons (Fsp3) is 0.364. The predicted molar refractivity (Wildman–Crippen MR) is 151 cm³/mol. The molecule has 7 heteroatoms. The van der Waals surface area contributed by atoms with Crippen LogP contribution >= 0.6 is 0 Å². The molecule has 3 aromatic rings. The first-order chi connectivity index (χ1) is 19.4. The molecule has 1 aliphatic heterocycles. The molecule has 0 radical (unpaired) electrons. The Morgan fingerprint density at radius 1 is 0.850 bits per heavy atom. The van der Waals surface area contributed by atoms with Gasteiger partial charge in [0.2, 0.25) is 0 Å². The summed E-state index contributed by atoms with van der Waals surface area (Å²) < 4.78 is 11.0. The zero-order valence-corrected chi connectivity index (χ0v) is 23.0. The summed E-state index contributed by atoms with van der Waals surface area (Å²) in [7, 11) is 0. The second-order valence-corrected chi connectivity index (χ2v) is 10.6. The Hall–Kier alpha value is -3.81. The van der Waals surface area contributed by atoms with Crippen LogP contribution in [0.15, 0.2) is 78.9 Å². The number of Topliss-reactive ketones (excluding diaryl/α,β-unsaturated/α-hetero) is 1. The lowest BCUT2D eigenvalue weighted by atomic mass is 9.86. The predicted octanol–water partition coefficient (Wildman–Crippen LogP) is 3.88. The maximum atomic E-state index is 13.9. The normalized spacial score (nSPS) is 19.6. The molecule has 0 saturated carbocycles. The molecule has 0 spiro atoms. The quantitative estimate of drug-likeness (QED) is 0.377. The van der Waals surface area contributed by atoms with Gasteiger partial charge >= 0.3 is 11.9 Å². The van der Waals surface area contributed by atoms with Gasteiger partial charge in [-0.15, -0.1) is 0 Å². The van der Waals surface area contributed by atoms with Crippen molar-refractivity contribution in [1.29, 1.82) is 0 Å². The van der Waals surface area contributed by atoms with E-state index < -0.39 is 30.1 Å². The number of carbonyl (C=O) groups is 3. The number of rotatable bonds is 10. The van der Waals surface area contributed by atoms with Crippen molar-refractivity contribution in [2.24, 2.45) is 5.92 Å². The second kappa shape index (κ2) is 12.6. The average Bonchev–Trinajstić information content (AvgIpc) is 3.42. The van der Waals surface area contributed by atoms with E-state index in [1.165, 1.54) is 11.1 Å². The van der Waals surface area contributed by atoms with Gasteiger partial charge in [0, 0.05) is 0 Å². The van der Waals surface area contributed by atoms with Crippen LogP contribution in [0.2, 0.25) is 0 Å². The van der Waals surface area contributed by atoms with E-state index in [4.69, 9.17) is 9.47 Å². The number of ketones is 1. The number of benzene rings is 3. The molecule has 3 unspecified atom stereocenters. The smallest absolute Gasteiger partial charge is 0.323 e. The van der Waals surface area contributed by atoms with Crippen LogP contribution in [0.4, 0.5) is 0 Å². The van der Waals surface area contributed by atoms with Gasteiger partial charge in [-0.25, -0.2) is 0 Å². The summed E-state index contributed by atoms with van der Waals surface area (Å²) in [5, 5.41) is 6.57. The Morgan fingerprint density at radius 3 is 2.15 bits per heavy atom. The standard InChI is InChI=1S/C33H36N2O5/c1-3-39-33(38)29(26-17-23-13-7-8-14-24(23)18-26)34-21(2)31(36)30-27-16-10-9-15-25(27)19-28(35-30)32(37)40-20-22-11-5-4-6-12-22/h4-16,21,26,28-30,34-35H,3,17-20H2,1-2H3/t21-,28?,29?,30?/m0/s1. The third-order valence-electron chi connectivity index (χ3n) is 7.90. The first-order valence-electron chi connectivity index (χ1n) is 14.0. The van der Waals surface area contributed by atoms with Crippen LogP contribution in [0, 0.1) is 5.92 Å². The van der Waals surface area contributed by atoms with E-state index in [-0.39, 0.29) is 30.9 Å². The van der Waals surface area contributed by atoms with Crippen molar-refractivity contribution in [3.05, 3.63) is 107 Å². The first-order valence-corrected chi connectivity index (χ1v) is 14.0. The SMILES string of the molecule is CCOC(=O)C(N[C@@H](C)C(=O)C1NC(C(=O)OCc2ccccc2)Cc2ccccc21)C1Cc2ccccc2C1. The maximum Gasteiger partial charge on any atom is 0.323 e. The van der Waals surface area contributed by atoms with E-state index in [2.05, 4.69) is 22.8 Å². The van der Waals surface area contributed by atoms with Gasteiger partial charge in [0.1, 0.15) is 18.7 Å². The van der Waals surface area contributed by atoms with Crippen LogP contribution in [0.25, 0.3) is 0 Å². The lowest BCUT2D eigenvalue weighted by molar-refractivity contribution is -0.148. The molecule has 4 atom stereocenters. The van der Waals surface area contributed by atoms with Crippen LogP contribution in [0.3, 0.4) is 0 Å². The molecule has 0 aromatic heterocycles. The van der Waals surface area contributed by atoms with Gasteiger partial charge in [-0.2, -0.15) is 0 Å². The van der Waals surface area contributed by atoms with Crippen molar-refractivity contribution in [3.63, 3.8) is 0 Å². The molecule has 0 saturated heterocycles. The average molecular weight is 541 g/mol. The van der Waals surface area contributed by atoms with Crippen molar-refractivity contribution < 1.29 is 23.9 Å². The fourth-order valence-electron chi connectivity index (χ4n) is 5.85. The van der Waals surface area contributed by atoms with Gasteiger partial charge in [0.05, 0.1) is 18.7 Å². The number of nitrogens with one attached hydrogen (secondary N) is 2. The zero-order chi connectivity index (χ0) is 28.1. The monoisotopic (exact) mass is 540 g/mol. The zero-order valence-electron chi connectivity index (χ0n) is 23.0. The topological polar surface area (TPSA) is 93.7 Å². The van der Waals surface area contributed by atoms with Gasteiger partial charge < -0.3 is 9.47 Å². The molecule has 0 bridgehead atoms. The van der Waals surface area contributed by atoms with Crippen molar-refractivity contribution in [2.45, 2.75) is 63.9 Å². The van der Waals surface area contributed by atoms with Crippen LogP contribution in [0.1, 0.15) is 47.7 Å². The van der Waals surface area contributed by atoms with Gasteiger partial charge in [-0.05, 0) is 66.8 Å². The van der Waals surface area contributed by atoms with Crippen molar-refractivity contribution in [1.82, 2.24) is 10.6 Å². The Kier molecular flexibility index (Phi) is 8.72. The van der Waals surface area contributed by atoms with Crippen molar-refractivity contribution in [2.75, 3.05) is 6.61 Å². The number of ether oxygens (including phenoxy) is 2. The van der Waals surface area contributed by atoms with E-state index in [9.17, 15) is 14.4 Å². The lowest BCUT2D eigenvalue weighted by Crippen LogP contribution is -2.55. The van der Waals surface area contributed by atoms with E-state index in [0.717, 1.165) is 29.5 Å². The van der Waals surface area contributed by atoms with Crippen LogP contribution in [-0.2, 0) is 49.7 Å². The molecule has 3 aromatic carbocycles. The van der Waals surface area contributed by atoms with E-state index in [1.807, 2.05) is 66.7 Å². The third kappa shape index (κ3) is 6.16. The van der Waals surface area contributed by atoms with Crippen LogP contribution in [-0.4, -0.2) is 42.5 Å². The van der Waals surface area contributed by atoms with Crippen molar-refractivity contribution >= 4 is 17.7 Å². The van der Waals surface area contributed by atoms with E-state index in [1.54, 1.807) is 13.8 Å². The van der Waals surface area contributed by atoms with Crippen LogP contribution in [0.5, 0.6) is 0 Å². The summed E-state index contributed by atoms with van der Waals surface area (Å²) in [5.41, 5.74) is 5.12. The Morgan fingerprint density at radius 2 is 1.48 bits per heavy atom. The minimum absolute atomic E-state index is 0.0148. The number of fused-ring (bicyclic) bond motifs is 2. The molecular formula is C33H36N2O5. The Labute approximate surface area is 235 Å². The van der Waals surface area contributed by atoms with Crippen molar-refractivity contribution in [3.8, 4) is 0 Å². The minimum atomic E-state index is -0.717. The number of esters is 2. The molecule has 1 aliphatic carbocycles. The molecule has 5 rings (SSSR count). The first kappa shape index (κ1) is 27.7. The summed E-state index contributed by atoms with van der Waals surface area (Å²) in [6, 6.07) is 22.7. The van der Waals surface area contributed by atoms with Gasteiger partial charge in [-0.3, -0.25) is 25.0 Å². The van der Waals surface area contributed by atoms with Crippen LogP contribution < -0.4 is 10.6 Å². The minimum Gasteiger partial charge on any atom is -0.465 e. The fourth-order valence-corrected chi connectivity index (χ4v) is 5.85. The number of hydrogen-bond acceptors (Lipinski definition) is 7. The number of hydrogen-bond donors (Lipinski definition) is 2. The second-order valence-electron chi connectivity index (χ2n) is 10.6. The molecule has 1 heterocycles. The van der Waals surface area contributed by atoms with E-state index in [0.29, 0.717) is 6.42 Å². The summed E-state index contributed by atoms with van der Waals surface area (Å²) in [6.45, 7) is 4.00. The lowest BCUT2D eigenvalue weighted by Gasteiger charge is -2.34. The van der Waals surface area contributed by atoms with Gasteiger partial charge in [0.25, 0.3) is 0 Å². The van der Waals surface area contributed by atoms with Gasteiger partial charge in [-0.1, -0.05) is 78.9 Å². The maximum absolute atomic E-state index is 13.9. The molecule has 0 amide bonds. The summed E-state index contributed by atoms with van der Waals surface area (Å²) in [5.74, 6) is -0.902. The highest BCUT2D eigenvalue weighted by molar-refractivity contribution is 5.92. The third-order valence-corrected chi connectivity index (χ3v) is 7.90. The summed E-state index contributed by atoms with van der Waals surface area (Å²) in [4.78, 5) is 40.1. The molecule has 0 fully saturated rings. The summed E-state index contributed by atoms with van der Waals surface area (Å²) in [6.07, 6.45) is 1.92. The molecule has 208 valence electrons. The molecule has 2 aliphatic rings. The van der Waals surface area contributed by atoms with E-state index >= 15 is 0 Å². The molecular weight excluding hydrogens is 504 g/mol. The molecule has 2 N–H and O–H groups in total. The highest BCUT2D eigenvalue weighted by atomic mass is 16.5. The highest BCUT2D eigenvalue weighted by Gasteiger charge is 2.40.